The van der Waals surface area contributed by atoms with Gasteiger partial charge in [-0.2, -0.15) is 0 Å². The largest absolute Gasteiger partial charge is 0.457 e. The van der Waals surface area contributed by atoms with E-state index in [0.29, 0.717) is 74.6 Å². The first-order valence-corrected chi connectivity index (χ1v) is 13.9. The van der Waals surface area contributed by atoms with Crippen molar-refractivity contribution in [3.8, 4) is 11.3 Å². The Bertz CT molecular complexity index is 1580. The van der Waals surface area contributed by atoms with E-state index in [1.807, 2.05) is 17.0 Å². The van der Waals surface area contributed by atoms with E-state index in [1.54, 1.807) is 66.7 Å². The third-order valence-corrected chi connectivity index (χ3v) is 7.83. The summed E-state index contributed by atoms with van der Waals surface area (Å²) in [6.07, 6.45) is 2.94. The summed E-state index contributed by atoms with van der Waals surface area (Å²) < 4.78 is 5.79. The lowest BCUT2D eigenvalue weighted by Crippen LogP contribution is -2.48. The fraction of sp³-hybridized carbons (Fsp3) is 0.133. The summed E-state index contributed by atoms with van der Waals surface area (Å²) in [5.74, 6) is 0.679. The van der Waals surface area contributed by atoms with Gasteiger partial charge in [-0.3, -0.25) is 9.59 Å². The Kier molecular flexibility index (Phi) is 8.72. The van der Waals surface area contributed by atoms with Crippen LogP contribution in [0.5, 0.6) is 0 Å². The first kappa shape index (κ1) is 28.1. The van der Waals surface area contributed by atoms with Gasteiger partial charge >= 0.3 is 0 Å². The average Bonchev–Trinajstić information content (AvgIpc) is 3.42. The highest BCUT2D eigenvalue weighted by Gasteiger charge is 2.23. The van der Waals surface area contributed by atoms with Gasteiger partial charge < -0.3 is 19.5 Å². The highest BCUT2D eigenvalue weighted by atomic mass is 35.5. The maximum absolute atomic E-state index is 12.8. The molecule has 2 heterocycles. The maximum Gasteiger partial charge on any atom is 0.253 e. The Morgan fingerprint density at radius 1 is 0.825 bits per heavy atom. The fourth-order valence-electron chi connectivity index (χ4n) is 4.39. The van der Waals surface area contributed by atoms with Crippen molar-refractivity contribution in [3.63, 3.8) is 0 Å². The molecule has 6 nitrogen and oxygen atoms in total. The molecule has 1 fully saturated rings. The van der Waals surface area contributed by atoms with E-state index in [2.05, 4.69) is 10.2 Å². The van der Waals surface area contributed by atoms with Gasteiger partial charge in [0.1, 0.15) is 11.5 Å². The lowest BCUT2D eigenvalue weighted by molar-refractivity contribution is -0.111. The number of nitrogens with zero attached hydrogens (tertiary/aromatic N) is 2. The molecule has 4 aromatic rings. The predicted molar refractivity (Wildman–Crippen MR) is 163 cm³/mol. The number of hydrogen-bond donors (Lipinski definition) is 1. The van der Waals surface area contributed by atoms with Gasteiger partial charge in [0.2, 0.25) is 5.91 Å². The number of halogens is 4. The molecule has 1 aliphatic heterocycles. The summed E-state index contributed by atoms with van der Waals surface area (Å²) in [7, 11) is 0. The number of nitrogens with one attached hydrogen (secondary N) is 1. The van der Waals surface area contributed by atoms with Gasteiger partial charge in [0.15, 0.2) is 0 Å². The summed E-state index contributed by atoms with van der Waals surface area (Å²) >= 11 is 24.9. The Hall–Kier alpha value is -3.42. The van der Waals surface area contributed by atoms with Crippen molar-refractivity contribution < 1.29 is 14.0 Å². The van der Waals surface area contributed by atoms with Crippen LogP contribution in [0.15, 0.2) is 83.3 Å². The van der Waals surface area contributed by atoms with Crippen LogP contribution in [-0.2, 0) is 4.79 Å². The van der Waals surface area contributed by atoms with Crippen LogP contribution in [0.25, 0.3) is 17.4 Å². The number of anilines is 2. The molecular formula is C30H23Cl4N3O3. The predicted octanol–water partition coefficient (Wildman–Crippen LogP) is 8.17. The molecule has 0 radical (unpaired) electrons. The fourth-order valence-corrected chi connectivity index (χ4v) is 5.21. The van der Waals surface area contributed by atoms with Gasteiger partial charge in [-0.1, -0.05) is 52.5 Å². The number of hydrogen-bond acceptors (Lipinski definition) is 4. The molecule has 0 atom stereocenters. The molecule has 1 saturated heterocycles. The Labute approximate surface area is 251 Å². The van der Waals surface area contributed by atoms with Crippen molar-refractivity contribution in [1.82, 2.24) is 4.90 Å². The van der Waals surface area contributed by atoms with E-state index < -0.39 is 0 Å². The van der Waals surface area contributed by atoms with Crippen LogP contribution in [0.4, 0.5) is 11.4 Å². The maximum atomic E-state index is 12.8. The average molecular weight is 615 g/mol. The number of carbonyl (C=O) groups excluding carboxylic acids is 2. The summed E-state index contributed by atoms with van der Waals surface area (Å²) in [5, 5.41) is 4.75. The number of benzene rings is 3. The molecule has 40 heavy (non-hydrogen) atoms. The molecule has 0 unspecified atom stereocenters. The smallest absolute Gasteiger partial charge is 0.253 e. The van der Waals surface area contributed by atoms with Crippen LogP contribution in [0.1, 0.15) is 16.1 Å². The molecule has 0 aliphatic carbocycles. The normalized spacial score (nSPS) is 13.6. The molecule has 3 aromatic carbocycles. The van der Waals surface area contributed by atoms with Crippen molar-refractivity contribution >= 4 is 75.7 Å². The van der Waals surface area contributed by atoms with Gasteiger partial charge in [0.05, 0.1) is 20.8 Å². The molecule has 1 aromatic heterocycles. The zero-order valence-electron chi connectivity index (χ0n) is 21.0. The second kappa shape index (κ2) is 12.4. The van der Waals surface area contributed by atoms with Crippen molar-refractivity contribution in [2.75, 3.05) is 36.4 Å². The minimum Gasteiger partial charge on any atom is -0.457 e. The highest BCUT2D eigenvalue weighted by molar-refractivity contribution is 6.43. The van der Waals surface area contributed by atoms with E-state index in [4.69, 9.17) is 50.8 Å². The lowest BCUT2D eigenvalue weighted by atomic mass is 10.1. The molecule has 0 bridgehead atoms. The van der Waals surface area contributed by atoms with Gasteiger partial charge in [0, 0.05) is 54.1 Å². The third-order valence-electron chi connectivity index (χ3n) is 6.46. The minimum absolute atomic E-state index is 0.0208. The molecular weight excluding hydrogens is 592 g/mol. The van der Waals surface area contributed by atoms with Crippen molar-refractivity contribution in [3.05, 3.63) is 110 Å². The Balaban J connectivity index is 1.16. The Morgan fingerprint density at radius 3 is 2.30 bits per heavy atom. The molecule has 0 spiro atoms. The SMILES string of the molecule is O=C(C=Cc1ccc(-c2cccc(Cl)c2Cl)o1)Nc1ccc(N2CCN(C(=O)c3ccc(Cl)cc3)CC2)c(Cl)c1. The summed E-state index contributed by atoms with van der Waals surface area (Å²) in [5.41, 5.74) is 2.69. The monoisotopic (exact) mass is 613 g/mol. The second-order valence-electron chi connectivity index (χ2n) is 9.08. The topological polar surface area (TPSA) is 65.8 Å². The quantitative estimate of drug-likeness (QED) is 0.222. The molecule has 204 valence electrons. The number of furan rings is 1. The summed E-state index contributed by atoms with van der Waals surface area (Å²) in [4.78, 5) is 29.2. The molecule has 10 heteroatoms. The first-order chi connectivity index (χ1) is 19.3. The van der Waals surface area contributed by atoms with Crippen LogP contribution in [0.2, 0.25) is 20.1 Å². The van der Waals surface area contributed by atoms with Gasteiger partial charge in [-0.15, -0.1) is 0 Å². The third kappa shape index (κ3) is 6.48. The van der Waals surface area contributed by atoms with E-state index >= 15 is 0 Å². The van der Waals surface area contributed by atoms with E-state index in [0.717, 1.165) is 5.69 Å². The number of rotatable bonds is 6. The molecule has 0 saturated carbocycles. The highest BCUT2D eigenvalue weighted by Crippen LogP contribution is 2.34. The summed E-state index contributed by atoms with van der Waals surface area (Å²) in [6.45, 7) is 2.41. The standard InChI is InChI=1S/C30H23Cl4N3O3/c31-20-6-4-19(5-7-20)30(39)37-16-14-36(15-17-37)26-11-8-21(18-25(26)33)35-28(38)13-10-22-9-12-27(40-22)23-2-1-3-24(32)29(23)34/h1-13,18H,14-17H2,(H,35,38). The minimum atomic E-state index is -0.336. The van der Waals surface area contributed by atoms with E-state index in [9.17, 15) is 9.59 Å². The number of carbonyl (C=O) groups is 2. The second-order valence-corrected chi connectivity index (χ2v) is 10.7. The van der Waals surface area contributed by atoms with Crippen LogP contribution in [0.3, 0.4) is 0 Å². The van der Waals surface area contributed by atoms with Gasteiger partial charge in [-0.25, -0.2) is 0 Å². The molecule has 1 aliphatic rings. The zero-order chi connectivity index (χ0) is 28.2. The zero-order valence-corrected chi connectivity index (χ0v) is 24.1. The van der Waals surface area contributed by atoms with Crippen LogP contribution >= 0.6 is 46.4 Å². The lowest BCUT2D eigenvalue weighted by Gasteiger charge is -2.36. The number of piperazine rings is 1. The first-order valence-electron chi connectivity index (χ1n) is 12.4. The summed E-state index contributed by atoms with van der Waals surface area (Å²) in [6, 6.07) is 21.1. The van der Waals surface area contributed by atoms with Crippen molar-refractivity contribution in [2.24, 2.45) is 0 Å². The molecule has 1 N–H and O–H groups in total. The van der Waals surface area contributed by atoms with Crippen molar-refractivity contribution in [2.45, 2.75) is 0 Å². The van der Waals surface area contributed by atoms with Gasteiger partial charge in [0.25, 0.3) is 5.91 Å². The van der Waals surface area contributed by atoms with Gasteiger partial charge in [-0.05, 0) is 72.8 Å². The molecule has 5 rings (SSSR count). The van der Waals surface area contributed by atoms with Crippen LogP contribution < -0.4 is 10.2 Å². The Morgan fingerprint density at radius 2 is 1.57 bits per heavy atom. The number of amides is 2. The molecule has 2 amide bonds. The van der Waals surface area contributed by atoms with Crippen molar-refractivity contribution in [1.29, 1.82) is 0 Å². The van der Waals surface area contributed by atoms with E-state index in [1.165, 1.54) is 6.08 Å². The van der Waals surface area contributed by atoms with Crippen LogP contribution in [-0.4, -0.2) is 42.9 Å². The van der Waals surface area contributed by atoms with E-state index in [-0.39, 0.29) is 11.8 Å². The van der Waals surface area contributed by atoms with Crippen LogP contribution in [0, 0.1) is 0 Å².